The summed E-state index contributed by atoms with van der Waals surface area (Å²) in [5.74, 6) is -2.04. The highest BCUT2D eigenvalue weighted by atomic mass is 19.1. The molecule has 0 spiro atoms. The number of benzene rings is 1. The Morgan fingerprint density at radius 3 is 2.72 bits per heavy atom. The normalized spacial score (nSPS) is 17.6. The fraction of sp³-hybridized carbons (Fsp3) is 0.355. The maximum absolute atomic E-state index is 16.0. The number of fused-ring (bicyclic) bond motifs is 2. The molecule has 2 atom stereocenters. The van der Waals surface area contributed by atoms with Gasteiger partial charge in [-0.3, -0.25) is 14.2 Å². The molecular weight excluding hydrogens is 561 g/mol. The van der Waals surface area contributed by atoms with Crippen molar-refractivity contribution in [1.29, 1.82) is 0 Å². The summed E-state index contributed by atoms with van der Waals surface area (Å²) in [4.78, 5) is 19.2. The molecule has 6 rings (SSSR count). The van der Waals surface area contributed by atoms with Gasteiger partial charge >= 0.3 is 0 Å². The summed E-state index contributed by atoms with van der Waals surface area (Å²) in [6.07, 6.45) is 3.82. The van der Waals surface area contributed by atoms with Gasteiger partial charge in [0.15, 0.2) is 0 Å². The van der Waals surface area contributed by atoms with E-state index in [0.29, 0.717) is 35.5 Å². The Morgan fingerprint density at radius 1 is 1.19 bits per heavy atom. The quantitative estimate of drug-likeness (QED) is 0.207. The first kappa shape index (κ1) is 28.7. The molecule has 9 nitrogen and oxygen atoms in total. The number of nitrogens with zero attached hydrogens (tertiary/aromatic N) is 6. The number of methoxy groups -OCH3 is 1. The second-order valence-electron chi connectivity index (χ2n) is 10.8. The molecule has 4 aromatic rings. The maximum atomic E-state index is 16.0. The van der Waals surface area contributed by atoms with Crippen molar-refractivity contribution in [3.63, 3.8) is 0 Å². The lowest BCUT2D eigenvalue weighted by Gasteiger charge is -2.33. The van der Waals surface area contributed by atoms with Crippen LogP contribution in [0.5, 0.6) is 5.75 Å². The summed E-state index contributed by atoms with van der Waals surface area (Å²) in [6.45, 7) is 6.40. The van der Waals surface area contributed by atoms with E-state index in [0.717, 1.165) is 17.8 Å². The average Bonchev–Trinajstić information content (AvgIpc) is 3.70. The van der Waals surface area contributed by atoms with Crippen LogP contribution in [0, 0.1) is 11.6 Å². The number of pyridine rings is 1. The van der Waals surface area contributed by atoms with E-state index >= 15 is 8.78 Å². The lowest BCUT2D eigenvalue weighted by atomic mass is 9.90. The number of halogens is 3. The zero-order valence-electron chi connectivity index (χ0n) is 24.1. The van der Waals surface area contributed by atoms with Crippen molar-refractivity contribution < 1.29 is 27.4 Å². The Labute approximate surface area is 246 Å². The second kappa shape index (κ2) is 11.3. The van der Waals surface area contributed by atoms with Gasteiger partial charge in [0, 0.05) is 55.2 Å². The van der Waals surface area contributed by atoms with Crippen LogP contribution in [0.1, 0.15) is 36.3 Å². The van der Waals surface area contributed by atoms with Crippen molar-refractivity contribution in [1.82, 2.24) is 29.4 Å². The van der Waals surface area contributed by atoms with Crippen LogP contribution in [0.4, 0.5) is 13.2 Å². The largest absolute Gasteiger partial charge is 0.490 e. The van der Waals surface area contributed by atoms with E-state index in [1.54, 1.807) is 39.8 Å². The van der Waals surface area contributed by atoms with Crippen LogP contribution < -0.4 is 4.74 Å². The Kier molecular flexibility index (Phi) is 7.55. The second-order valence-corrected chi connectivity index (χ2v) is 10.8. The third kappa shape index (κ3) is 5.09. The van der Waals surface area contributed by atoms with Gasteiger partial charge in [0.05, 0.1) is 48.5 Å². The molecule has 1 aromatic carbocycles. The summed E-state index contributed by atoms with van der Waals surface area (Å²) in [5, 5.41) is 9.09. The predicted molar refractivity (Wildman–Crippen MR) is 153 cm³/mol. The van der Waals surface area contributed by atoms with Crippen molar-refractivity contribution in [2.24, 2.45) is 7.05 Å². The first-order valence-electron chi connectivity index (χ1n) is 14.0. The molecule has 0 saturated heterocycles. The average molecular weight is 593 g/mol. The van der Waals surface area contributed by atoms with Crippen LogP contribution >= 0.6 is 0 Å². The van der Waals surface area contributed by atoms with Gasteiger partial charge in [0.25, 0.3) is 0 Å². The zero-order valence-corrected chi connectivity index (χ0v) is 24.1. The number of amides is 1. The molecule has 0 bridgehead atoms. The molecule has 0 fully saturated rings. The Morgan fingerprint density at radius 2 is 2.00 bits per heavy atom. The van der Waals surface area contributed by atoms with E-state index in [9.17, 15) is 9.18 Å². The topological polar surface area (TPSA) is 87.3 Å². The van der Waals surface area contributed by atoms with Gasteiger partial charge in [-0.25, -0.2) is 18.2 Å². The van der Waals surface area contributed by atoms with E-state index in [2.05, 4.69) is 11.7 Å². The summed E-state index contributed by atoms with van der Waals surface area (Å²) < 4.78 is 60.7. The van der Waals surface area contributed by atoms with E-state index in [1.165, 1.54) is 13.2 Å². The number of hydrogen-bond donors (Lipinski definition) is 0. The summed E-state index contributed by atoms with van der Waals surface area (Å²) >= 11 is 0. The monoisotopic (exact) mass is 592 g/mol. The number of aromatic nitrogens is 5. The van der Waals surface area contributed by atoms with Crippen molar-refractivity contribution in [3.8, 4) is 39.5 Å². The van der Waals surface area contributed by atoms with E-state index in [4.69, 9.17) is 19.6 Å². The number of ether oxygens (including phenoxy) is 2. The fourth-order valence-electron chi connectivity index (χ4n) is 5.97. The Hall–Kier alpha value is -4.45. The number of carbonyl (C=O) groups excluding carboxylic acids is 1. The van der Waals surface area contributed by atoms with Gasteiger partial charge in [-0.05, 0) is 37.5 Å². The SMILES string of the molecule is C=CC(=O)N1Cc2cc(-c3nc(-c4cnn(C)c4)c4c(c3-c3c(F)cc(F)cc3OCCOC)C(F)CC4)nn2C[C@H]1C. The minimum Gasteiger partial charge on any atom is -0.490 e. The zero-order chi connectivity index (χ0) is 30.4. The molecule has 2 aliphatic rings. The molecular formula is C31H31F3N6O3. The van der Waals surface area contributed by atoms with E-state index in [1.807, 2.05) is 6.92 Å². The molecule has 4 heterocycles. The van der Waals surface area contributed by atoms with Crippen LogP contribution in [0.15, 0.2) is 43.2 Å². The van der Waals surface area contributed by atoms with E-state index in [-0.39, 0.29) is 66.3 Å². The first-order chi connectivity index (χ1) is 20.7. The summed E-state index contributed by atoms with van der Waals surface area (Å²) in [6, 6.07) is 3.45. The van der Waals surface area contributed by atoms with Crippen molar-refractivity contribution in [2.75, 3.05) is 20.3 Å². The molecule has 3 aromatic heterocycles. The molecule has 0 radical (unpaired) electrons. The highest BCUT2D eigenvalue weighted by molar-refractivity contribution is 5.90. The number of alkyl halides is 1. The van der Waals surface area contributed by atoms with Crippen molar-refractivity contribution in [3.05, 3.63) is 71.7 Å². The third-order valence-electron chi connectivity index (χ3n) is 7.96. The number of rotatable bonds is 8. The minimum atomic E-state index is -1.43. The lowest BCUT2D eigenvalue weighted by molar-refractivity contribution is -0.129. The highest BCUT2D eigenvalue weighted by Crippen LogP contribution is 2.50. The van der Waals surface area contributed by atoms with Crippen LogP contribution in [0.2, 0.25) is 0 Å². The fourth-order valence-corrected chi connectivity index (χ4v) is 5.97. The van der Waals surface area contributed by atoms with Gasteiger partial charge in [-0.15, -0.1) is 0 Å². The molecule has 1 aliphatic heterocycles. The van der Waals surface area contributed by atoms with Crippen molar-refractivity contribution >= 4 is 5.91 Å². The molecule has 1 unspecified atom stereocenters. The summed E-state index contributed by atoms with van der Waals surface area (Å²) in [7, 11) is 3.26. The van der Waals surface area contributed by atoms with Crippen LogP contribution in [0.3, 0.4) is 0 Å². The van der Waals surface area contributed by atoms with E-state index < -0.39 is 17.8 Å². The summed E-state index contributed by atoms with van der Waals surface area (Å²) in [5.41, 5.74) is 3.49. The lowest BCUT2D eigenvalue weighted by Crippen LogP contribution is -2.44. The first-order valence-corrected chi connectivity index (χ1v) is 14.0. The molecule has 0 N–H and O–H groups in total. The highest BCUT2D eigenvalue weighted by Gasteiger charge is 2.36. The van der Waals surface area contributed by atoms with Gasteiger partial charge in [0.1, 0.15) is 35.9 Å². The van der Waals surface area contributed by atoms with Crippen LogP contribution in [0.25, 0.3) is 33.8 Å². The standard InChI is InChI=1S/C31H31F3N6O3/c1-5-26(41)39-16-20-12-24(37-40(20)14-17(39)2)31-29(28-23(34)10-19(32)11-25(28)43-9-8-42-4)27-21(6-7-22(27)33)30(36-31)18-13-35-38(3)15-18/h5,10-13,15,17,22H,1,6-9,14,16H2,2-4H3/t17-,22?/m1/s1. The van der Waals surface area contributed by atoms with Crippen LogP contribution in [-0.2, 0) is 36.1 Å². The Balaban J connectivity index is 1.62. The van der Waals surface area contributed by atoms with Crippen molar-refractivity contribution in [2.45, 2.75) is 45.1 Å². The molecule has 1 amide bonds. The van der Waals surface area contributed by atoms with Gasteiger partial charge < -0.3 is 14.4 Å². The predicted octanol–water partition coefficient (Wildman–Crippen LogP) is 5.19. The van der Waals surface area contributed by atoms with Gasteiger partial charge in [0.2, 0.25) is 5.91 Å². The Bertz CT molecular complexity index is 1730. The van der Waals surface area contributed by atoms with Crippen LogP contribution in [-0.4, -0.2) is 61.7 Å². The smallest absolute Gasteiger partial charge is 0.246 e. The number of carbonyl (C=O) groups is 1. The third-order valence-corrected chi connectivity index (χ3v) is 7.96. The maximum Gasteiger partial charge on any atom is 0.246 e. The van der Waals surface area contributed by atoms with Gasteiger partial charge in [-0.2, -0.15) is 10.2 Å². The molecule has 1 aliphatic carbocycles. The number of aryl methyl sites for hydroxylation is 1. The molecule has 43 heavy (non-hydrogen) atoms. The minimum absolute atomic E-state index is 0.0218. The molecule has 12 heteroatoms. The molecule has 224 valence electrons. The number of hydrogen-bond acceptors (Lipinski definition) is 6. The molecule has 0 saturated carbocycles. The van der Waals surface area contributed by atoms with Gasteiger partial charge in [-0.1, -0.05) is 6.58 Å².